The van der Waals surface area contributed by atoms with Crippen LogP contribution in [0.15, 0.2) is 16.6 Å². The van der Waals surface area contributed by atoms with Crippen molar-refractivity contribution in [2.75, 3.05) is 13.2 Å². The van der Waals surface area contributed by atoms with Crippen molar-refractivity contribution in [1.82, 2.24) is 5.32 Å². The summed E-state index contributed by atoms with van der Waals surface area (Å²) in [5, 5.41) is 23.3. The van der Waals surface area contributed by atoms with Crippen LogP contribution < -0.4 is 10.1 Å². The van der Waals surface area contributed by atoms with Crippen molar-refractivity contribution >= 4 is 21.6 Å². The molecule has 0 aromatic heterocycles. The minimum absolute atomic E-state index is 0.0796. The molecular formula is C14H18BrN3O3. The predicted molar refractivity (Wildman–Crippen MR) is 83.3 cm³/mol. The van der Waals surface area contributed by atoms with Gasteiger partial charge in [0.05, 0.1) is 17.6 Å². The quantitative estimate of drug-likeness (QED) is 0.598. The number of hydrogen-bond donors (Lipinski definition) is 1. The molecule has 0 heterocycles. The van der Waals surface area contributed by atoms with Gasteiger partial charge in [-0.25, -0.2) is 0 Å². The topological polar surface area (TPSA) is 88.2 Å². The van der Waals surface area contributed by atoms with Crippen LogP contribution in [-0.2, 0) is 0 Å². The SMILES string of the molecule is CCNC(C)(C#N)CCOc1c(C)cc(Br)cc1[N+](=O)[O-]. The molecule has 1 atom stereocenters. The first-order valence-corrected chi connectivity index (χ1v) is 7.36. The molecule has 21 heavy (non-hydrogen) atoms. The monoisotopic (exact) mass is 355 g/mol. The zero-order chi connectivity index (χ0) is 16.0. The van der Waals surface area contributed by atoms with E-state index in [1.807, 2.05) is 6.92 Å². The maximum Gasteiger partial charge on any atom is 0.312 e. The molecule has 0 spiro atoms. The van der Waals surface area contributed by atoms with Gasteiger partial charge in [-0.15, -0.1) is 0 Å². The summed E-state index contributed by atoms with van der Waals surface area (Å²) in [7, 11) is 0. The number of rotatable bonds is 7. The highest BCUT2D eigenvalue weighted by molar-refractivity contribution is 9.10. The van der Waals surface area contributed by atoms with E-state index < -0.39 is 10.5 Å². The highest BCUT2D eigenvalue weighted by Gasteiger charge is 2.24. The zero-order valence-corrected chi connectivity index (χ0v) is 13.9. The number of ether oxygens (including phenoxy) is 1. The Balaban J connectivity index is 2.85. The van der Waals surface area contributed by atoms with Gasteiger partial charge >= 0.3 is 5.69 Å². The van der Waals surface area contributed by atoms with Crippen molar-refractivity contribution in [3.05, 3.63) is 32.3 Å². The van der Waals surface area contributed by atoms with Gasteiger partial charge in [0.2, 0.25) is 0 Å². The molecule has 1 rings (SSSR count). The fraction of sp³-hybridized carbons (Fsp3) is 0.500. The van der Waals surface area contributed by atoms with Crippen molar-refractivity contribution in [3.63, 3.8) is 0 Å². The van der Waals surface area contributed by atoms with Crippen molar-refractivity contribution in [2.24, 2.45) is 0 Å². The first-order chi connectivity index (χ1) is 9.83. The fourth-order valence-corrected chi connectivity index (χ4v) is 2.53. The fourth-order valence-electron chi connectivity index (χ4n) is 1.97. The average Bonchev–Trinajstić information content (AvgIpc) is 2.40. The van der Waals surface area contributed by atoms with E-state index in [1.165, 1.54) is 6.07 Å². The molecule has 7 heteroatoms. The third-order valence-electron chi connectivity index (χ3n) is 3.08. The second-order valence-electron chi connectivity index (χ2n) is 4.90. The lowest BCUT2D eigenvalue weighted by Gasteiger charge is -2.22. The molecule has 0 bridgehead atoms. The van der Waals surface area contributed by atoms with Crippen molar-refractivity contribution in [1.29, 1.82) is 5.26 Å². The second-order valence-corrected chi connectivity index (χ2v) is 5.82. The molecule has 0 aliphatic rings. The van der Waals surface area contributed by atoms with Crippen LogP contribution in [-0.4, -0.2) is 23.6 Å². The molecule has 0 radical (unpaired) electrons. The van der Waals surface area contributed by atoms with Crippen LogP contribution >= 0.6 is 15.9 Å². The Morgan fingerprint density at radius 2 is 2.24 bits per heavy atom. The number of aryl methyl sites for hydroxylation is 1. The van der Waals surface area contributed by atoms with Crippen LogP contribution in [0.1, 0.15) is 25.8 Å². The Morgan fingerprint density at radius 1 is 1.57 bits per heavy atom. The molecule has 0 aliphatic heterocycles. The second kappa shape index (κ2) is 7.38. The summed E-state index contributed by atoms with van der Waals surface area (Å²) in [6, 6.07) is 5.37. The van der Waals surface area contributed by atoms with Gasteiger partial charge in [-0.2, -0.15) is 5.26 Å². The standard InChI is InChI=1S/C14H18BrN3O3/c1-4-17-14(3,9-16)5-6-21-13-10(2)7-11(15)8-12(13)18(19)20/h7-8,17H,4-6H2,1-3H3. The van der Waals surface area contributed by atoms with Crippen LogP contribution in [0.25, 0.3) is 0 Å². The number of hydrogen-bond acceptors (Lipinski definition) is 5. The molecule has 1 N–H and O–H groups in total. The summed E-state index contributed by atoms with van der Waals surface area (Å²) in [6.07, 6.45) is 0.435. The Morgan fingerprint density at radius 3 is 2.76 bits per heavy atom. The van der Waals surface area contributed by atoms with E-state index in [-0.39, 0.29) is 18.0 Å². The van der Waals surface area contributed by atoms with E-state index in [1.54, 1.807) is 19.9 Å². The lowest BCUT2D eigenvalue weighted by atomic mass is 10.0. The summed E-state index contributed by atoms with van der Waals surface area (Å²) in [4.78, 5) is 10.6. The average molecular weight is 356 g/mol. The number of nitro groups is 1. The lowest BCUT2D eigenvalue weighted by molar-refractivity contribution is -0.386. The summed E-state index contributed by atoms with van der Waals surface area (Å²) in [5.41, 5.74) is -0.102. The minimum Gasteiger partial charge on any atom is -0.487 e. The van der Waals surface area contributed by atoms with Gasteiger partial charge in [-0.3, -0.25) is 15.4 Å². The number of benzene rings is 1. The maximum atomic E-state index is 11.1. The van der Waals surface area contributed by atoms with Crippen molar-refractivity contribution < 1.29 is 9.66 Å². The van der Waals surface area contributed by atoms with Crippen molar-refractivity contribution in [2.45, 2.75) is 32.7 Å². The number of nitrogens with one attached hydrogen (secondary N) is 1. The minimum atomic E-state index is -0.702. The first-order valence-electron chi connectivity index (χ1n) is 6.56. The van der Waals surface area contributed by atoms with Gasteiger partial charge in [-0.05, 0) is 32.0 Å². The van der Waals surface area contributed by atoms with E-state index in [2.05, 4.69) is 27.3 Å². The van der Waals surface area contributed by atoms with Gasteiger partial charge in [0, 0.05) is 17.0 Å². The normalized spacial score (nSPS) is 13.3. The van der Waals surface area contributed by atoms with E-state index in [0.29, 0.717) is 23.0 Å². The molecule has 0 saturated heterocycles. The Bertz CT molecular complexity index is 571. The molecule has 0 amide bonds. The Kier molecular flexibility index (Phi) is 6.12. The molecule has 0 fully saturated rings. The molecule has 1 aromatic carbocycles. The van der Waals surface area contributed by atoms with Crippen molar-refractivity contribution in [3.8, 4) is 11.8 Å². The van der Waals surface area contributed by atoms with Crippen LogP contribution in [0.4, 0.5) is 5.69 Å². The van der Waals surface area contributed by atoms with Crippen LogP contribution in [0, 0.1) is 28.4 Å². The smallest absolute Gasteiger partial charge is 0.312 e. The van der Waals surface area contributed by atoms with E-state index in [0.717, 1.165) is 0 Å². The highest BCUT2D eigenvalue weighted by Crippen LogP contribution is 2.34. The van der Waals surface area contributed by atoms with Gasteiger partial charge in [0.25, 0.3) is 0 Å². The predicted octanol–water partition coefficient (Wildman–Crippen LogP) is 3.33. The molecular weight excluding hydrogens is 338 g/mol. The van der Waals surface area contributed by atoms with E-state index >= 15 is 0 Å². The molecule has 0 saturated carbocycles. The third-order valence-corrected chi connectivity index (χ3v) is 3.54. The van der Waals surface area contributed by atoms with Gasteiger partial charge in [0.15, 0.2) is 5.75 Å². The molecule has 1 unspecified atom stereocenters. The Labute approximate surface area is 132 Å². The van der Waals surface area contributed by atoms with Crippen LogP contribution in [0.5, 0.6) is 5.75 Å². The summed E-state index contributed by atoms with van der Waals surface area (Å²) < 4.78 is 6.21. The van der Waals surface area contributed by atoms with Gasteiger partial charge < -0.3 is 4.74 Å². The molecule has 0 aliphatic carbocycles. The first kappa shape index (κ1) is 17.4. The van der Waals surface area contributed by atoms with E-state index in [4.69, 9.17) is 10.00 Å². The van der Waals surface area contributed by atoms with Gasteiger partial charge in [-0.1, -0.05) is 22.9 Å². The van der Waals surface area contributed by atoms with E-state index in [9.17, 15) is 10.1 Å². The van der Waals surface area contributed by atoms with Gasteiger partial charge in [0.1, 0.15) is 5.54 Å². The van der Waals surface area contributed by atoms with Crippen LogP contribution in [0.3, 0.4) is 0 Å². The Hall–Kier alpha value is -1.65. The summed E-state index contributed by atoms with van der Waals surface area (Å²) >= 11 is 3.23. The number of halogens is 1. The largest absolute Gasteiger partial charge is 0.487 e. The number of nitro benzene ring substituents is 1. The maximum absolute atomic E-state index is 11.1. The molecule has 114 valence electrons. The zero-order valence-electron chi connectivity index (χ0n) is 12.3. The summed E-state index contributed by atoms with van der Waals surface area (Å²) in [6.45, 7) is 6.34. The van der Waals surface area contributed by atoms with Crippen LogP contribution in [0.2, 0.25) is 0 Å². The molecule has 6 nitrogen and oxygen atoms in total. The highest BCUT2D eigenvalue weighted by atomic mass is 79.9. The molecule has 1 aromatic rings. The number of nitrogens with zero attached hydrogens (tertiary/aromatic N) is 2. The third kappa shape index (κ3) is 4.69. The number of nitriles is 1. The summed E-state index contributed by atoms with van der Waals surface area (Å²) in [5.74, 6) is 0.250. The lowest BCUT2D eigenvalue weighted by Crippen LogP contribution is -2.42.